The Morgan fingerprint density at radius 2 is 1.49 bits per heavy atom. The van der Waals surface area contributed by atoms with Crippen molar-refractivity contribution in [3.63, 3.8) is 0 Å². The maximum atomic E-state index is 13.0. The topological polar surface area (TPSA) is 133 Å². The summed E-state index contributed by atoms with van der Waals surface area (Å²) >= 11 is 0. The van der Waals surface area contributed by atoms with Crippen molar-refractivity contribution in [2.75, 3.05) is 15.4 Å². The highest BCUT2D eigenvalue weighted by molar-refractivity contribution is 7.92. The average molecular weight is 501 g/mol. The van der Waals surface area contributed by atoms with E-state index in [0.717, 1.165) is 0 Å². The molecule has 0 radical (unpaired) electrons. The Kier molecular flexibility index (Phi) is 6.88. The first-order valence-electron chi connectivity index (χ1n) is 11.2. The van der Waals surface area contributed by atoms with E-state index in [1.807, 2.05) is 0 Å². The summed E-state index contributed by atoms with van der Waals surface area (Å²) in [5.41, 5.74) is -0.929. The minimum absolute atomic E-state index is 0.0300. The number of aryl methyl sites for hydroxylation is 1. The zero-order valence-corrected chi connectivity index (χ0v) is 19.7. The van der Waals surface area contributed by atoms with E-state index in [0.29, 0.717) is 36.9 Å². The van der Waals surface area contributed by atoms with Crippen LogP contribution in [0.2, 0.25) is 0 Å². The first-order valence-corrected chi connectivity index (χ1v) is 12.6. The smallest absolute Gasteiger partial charge is 0.319 e. The van der Waals surface area contributed by atoms with Crippen LogP contribution in [0.25, 0.3) is 0 Å². The average Bonchev–Trinajstić information content (AvgIpc) is 2.83. The number of halogens is 1. The number of benzene rings is 2. The molecule has 4 N–H and O–H groups in total. The molecule has 4 rings (SSSR count). The third kappa shape index (κ3) is 5.51. The van der Waals surface area contributed by atoms with E-state index in [9.17, 15) is 27.2 Å². The molecular weight excluding hydrogens is 475 g/mol. The predicted molar refractivity (Wildman–Crippen MR) is 132 cm³/mol. The van der Waals surface area contributed by atoms with Gasteiger partial charge >= 0.3 is 6.03 Å². The van der Waals surface area contributed by atoms with Crippen molar-refractivity contribution in [3.05, 3.63) is 80.4 Å². The third-order valence-corrected chi connectivity index (χ3v) is 7.55. The molecule has 11 heteroatoms. The van der Waals surface area contributed by atoms with Crippen molar-refractivity contribution >= 4 is 33.1 Å². The SMILES string of the molecule is Cc1ccccc1S(=O)(=O)Nc1c(NC2CCC(NC(=O)Nc3ccc(F)cc3)CC2)c(=O)c1=O. The monoisotopic (exact) mass is 500 g/mol. The molecule has 184 valence electrons. The minimum atomic E-state index is -4.03. The van der Waals surface area contributed by atoms with Gasteiger partial charge in [-0.3, -0.25) is 14.3 Å². The van der Waals surface area contributed by atoms with Crippen molar-refractivity contribution in [2.24, 2.45) is 0 Å². The lowest BCUT2D eigenvalue weighted by Crippen LogP contribution is -2.44. The van der Waals surface area contributed by atoms with Gasteiger partial charge in [0.15, 0.2) is 0 Å². The molecule has 1 saturated carbocycles. The quantitative estimate of drug-likeness (QED) is 0.369. The standard InChI is InChI=1S/C24H25FN4O5S/c1-14-4-2-3-5-19(14)35(33,34)29-21-20(22(30)23(21)31)26-16-10-12-18(13-11-16)28-24(32)27-17-8-6-15(25)7-9-17/h2-9,16,18,26,29H,10-13H2,1H3,(H2,27,28,32). The van der Waals surface area contributed by atoms with E-state index in [2.05, 4.69) is 20.7 Å². The summed E-state index contributed by atoms with van der Waals surface area (Å²) in [6.07, 6.45) is 2.44. The Morgan fingerprint density at radius 3 is 2.14 bits per heavy atom. The second-order valence-electron chi connectivity index (χ2n) is 8.58. The van der Waals surface area contributed by atoms with Gasteiger partial charge in [0.05, 0.1) is 4.90 Å². The van der Waals surface area contributed by atoms with Gasteiger partial charge in [0, 0.05) is 17.8 Å². The van der Waals surface area contributed by atoms with Crippen molar-refractivity contribution < 1.29 is 17.6 Å². The second-order valence-corrected chi connectivity index (χ2v) is 10.2. The van der Waals surface area contributed by atoms with Gasteiger partial charge in [0.2, 0.25) is 0 Å². The number of sulfonamides is 1. The van der Waals surface area contributed by atoms with Crippen molar-refractivity contribution in [1.29, 1.82) is 0 Å². The van der Waals surface area contributed by atoms with Gasteiger partial charge in [-0.2, -0.15) is 0 Å². The molecule has 0 heterocycles. The zero-order valence-electron chi connectivity index (χ0n) is 18.9. The summed E-state index contributed by atoms with van der Waals surface area (Å²) in [4.78, 5) is 36.5. The Hall–Kier alpha value is -3.73. The number of amides is 2. The summed E-state index contributed by atoms with van der Waals surface area (Å²) < 4.78 is 40.7. The molecule has 0 saturated heterocycles. The lowest BCUT2D eigenvalue weighted by atomic mass is 9.91. The Labute approximate surface area is 201 Å². The van der Waals surface area contributed by atoms with Crippen LogP contribution < -0.4 is 31.5 Å². The van der Waals surface area contributed by atoms with Gasteiger partial charge < -0.3 is 16.0 Å². The number of nitrogens with one attached hydrogen (secondary N) is 4. The highest BCUT2D eigenvalue weighted by atomic mass is 32.2. The molecule has 3 aromatic carbocycles. The minimum Gasteiger partial charge on any atom is -0.377 e. The molecule has 1 aliphatic rings. The second kappa shape index (κ2) is 9.87. The fraction of sp³-hybridized carbons (Fsp3) is 0.292. The van der Waals surface area contributed by atoms with Gasteiger partial charge in [-0.15, -0.1) is 0 Å². The normalized spacial score (nSPS) is 18.1. The third-order valence-electron chi connectivity index (χ3n) is 6.04. The first kappa shape index (κ1) is 24.4. The lowest BCUT2D eigenvalue weighted by Gasteiger charge is -2.31. The predicted octanol–water partition coefficient (Wildman–Crippen LogP) is 3.08. The molecule has 9 nitrogen and oxygen atoms in total. The van der Waals surface area contributed by atoms with Crippen LogP contribution in [0.4, 0.5) is 26.2 Å². The van der Waals surface area contributed by atoms with Crippen LogP contribution in [-0.4, -0.2) is 26.5 Å². The number of carbonyl (C=O) groups excluding carboxylic acids is 1. The number of rotatable bonds is 7. The molecular formula is C24H25FN4O5S. The number of urea groups is 1. The van der Waals surface area contributed by atoms with Crippen molar-refractivity contribution in [1.82, 2.24) is 5.32 Å². The van der Waals surface area contributed by atoms with Gasteiger partial charge in [-0.05, 0) is 68.5 Å². The molecule has 0 bridgehead atoms. The van der Waals surface area contributed by atoms with E-state index < -0.39 is 32.7 Å². The van der Waals surface area contributed by atoms with Crippen LogP contribution in [0.15, 0.2) is 63.0 Å². The maximum absolute atomic E-state index is 13.0. The highest BCUT2D eigenvalue weighted by Gasteiger charge is 2.30. The van der Waals surface area contributed by atoms with Gasteiger partial charge in [-0.25, -0.2) is 17.6 Å². The van der Waals surface area contributed by atoms with E-state index >= 15 is 0 Å². The summed E-state index contributed by atoms with van der Waals surface area (Å²) in [6.45, 7) is 1.64. The fourth-order valence-electron chi connectivity index (χ4n) is 4.15. The maximum Gasteiger partial charge on any atom is 0.319 e. The van der Waals surface area contributed by atoms with Gasteiger partial charge in [0.25, 0.3) is 20.9 Å². The molecule has 1 fully saturated rings. The largest absolute Gasteiger partial charge is 0.377 e. The van der Waals surface area contributed by atoms with E-state index in [1.54, 1.807) is 25.1 Å². The van der Waals surface area contributed by atoms with Crippen LogP contribution in [0, 0.1) is 12.7 Å². The summed E-state index contributed by atoms with van der Waals surface area (Å²) in [5, 5.41) is 8.52. The van der Waals surface area contributed by atoms with E-state index in [1.165, 1.54) is 30.3 Å². The van der Waals surface area contributed by atoms with Crippen LogP contribution in [0.1, 0.15) is 31.2 Å². The Morgan fingerprint density at radius 1 is 0.886 bits per heavy atom. The van der Waals surface area contributed by atoms with Gasteiger partial charge in [0.1, 0.15) is 17.2 Å². The molecule has 0 aliphatic heterocycles. The summed E-state index contributed by atoms with van der Waals surface area (Å²) in [6, 6.07) is 11.1. The summed E-state index contributed by atoms with van der Waals surface area (Å²) in [7, 11) is -4.03. The lowest BCUT2D eigenvalue weighted by molar-refractivity contribution is 0.243. The van der Waals surface area contributed by atoms with Crippen LogP contribution in [-0.2, 0) is 10.0 Å². The molecule has 3 aromatic rings. The molecule has 2 amide bonds. The summed E-state index contributed by atoms with van der Waals surface area (Å²) in [5.74, 6) is -0.394. The first-order chi connectivity index (χ1) is 16.6. The van der Waals surface area contributed by atoms with Crippen molar-refractivity contribution in [3.8, 4) is 0 Å². The Bertz CT molecular complexity index is 1410. The van der Waals surface area contributed by atoms with Crippen molar-refractivity contribution in [2.45, 2.75) is 49.6 Å². The van der Waals surface area contributed by atoms with E-state index in [4.69, 9.17) is 0 Å². The number of hydrogen-bond acceptors (Lipinski definition) is 6. The highest BCUT2D eigenvalue weighted by Crippen LogP contribution is 2.26. The molecule has 0 aromatic heterocycles. The Balaban J connectivity index is 1.33. The van der Waals surface area contributed by atoms with Crippen LogP contribution in [0.3, 0.4) is 0 Å². The zero-order chi connectivity index (χ0) is 25.2. The van der Waals surface area contributed by atoms with Crippen LogP contribution >= 0.6 is 0 Å². The molecule has 35 heavy (non-hydrogen) atoms. The molecule has 0 unspecified atom stereocenters. The molecule has 0 spiro atoms. The number of anilines is 3. The van der Waals surface area contributed by atoms with Gasteiger partial charge in [-0.1, -0.05) is 18.2 Å². The van der Waals surface area contributed by atoms with E-state index in [-0.39, 0.29) is 28.4 Å². The number of hydrogen-bond donors (Lipinski definition) is 4. The molecule has 0 atom stereocenters. The van der Waals surface area contributed by atoms with Crippen LogP contribution in [0.5, 0.6) is 0 Å². The number of carbonyl (C=O) groups is 1. The fourth-order valence-corrected chi connectivity index (χ4v) is 5.47. The molecule has 1 aliphatic carbocycles.